The van der Waals surface area contributed by atoms with Gasteiger partial charge in [0.25, 0.3) is 5.91 Å². The lowest BCUT2D eigenvalue weighted by atomic mass is 10.4. The fraction of sp³-hybridized carbons (Fsp3) is 0.500. The van der Waals surface area contributed by atoms with E-state index in [1.54, 1.807) is 21.1 Å². The van der Waals surface area contributed by atoms with Gasteiger partial charge in [-0.25, -0.2) is 0 Å². The topological polar surface area (TPSA) is 51.0 Å². The minimum atomic E-state index is -0.127. The van der Waals surface area contributed by atoms with Crippen LogP contribution in [0.2, 0.25) is 0 Å². The van der Waals surface area contributed by atoms with Crippen molar-refractivity contribution in [2.45, 2.75) is 0 Å². The zero-order valence-electron chi connectivity index (χ0n) is 6.77. The minimum Gasteiger partial charge on any atom is -0.343 e. The summed E-state index contributed by atoms with van der Waals surface area (Å²) in [6.45, 7) is 0. The van der Waals surface area contributed by atoms with E-state index in [1.807, 2.05) is 0 Å². The van der Waals surface area contributed by atoms with Gasteiger partial charge in [-0.1, -0.05) is 0 Å². The summed E-state index contributed by atoms with van der Waals surface area (Å²) in [5, 5.41) is 7.62. The summed E-state index contributed by atoms with van der Waals surface area (Å²) in [5.41, 5.74) is 0.373. The summed E-state index contributed by atoms with van der Waals surface area (Å²) < 4.78 is 0. The van der Waals surface area contributed by atoms with Crippen LogP contribution in [0.5, 0.6) is 0 Å². The van der Waals surface area contributed by atoms with Crippen LogP contribution in [0.4, 0.5) is 0 Å². The molecule has 0 unspecified atom stereocenters. The Morgan fingerprint density at radius 1 is 1.64 bits per heavy atom. The number of amides is 1. The van der Waals surface area contributed by atoms with Gasteiger partial charge in [0.2, 0.25) is 0 Å². The van der Waals surface area contributed by atoms with Gasteiger partial charge in [0.15, 0.2) is 5.69 Å². The highest BCUT2D eigenvalue weighted by Gasteiger charge is 2.10. The number of hydrogen-bond acceptors (Lipinski definition) is 3. The molecular weight excluding hydrogens is 144 g/mol. The molecule has 0 N–H and O–H groups in total. The minimum absolute atomic E-state index is 0.127. The normalized spacial score (nSPS) is 9.73. The number of hydrogen-bond donors (Lipinski definition) is 0. The Morgan fingerprint density at radius 3 is 2.64 bits per heavy atom. The summed E-state index contributed by atoms with van der Waals surface area (Å²) >= 11 is 0. The van der Waals surface area contributed by atoms with E-state index in [0.717, 1.165) is 0 Å². The second kappa shape index (κ2) is 2.69. The van der Waals surface area contributed by atoms with Crippen molar-refractivity contribution in [3.8, 4) is 0 Å². The van der Waals surface area contributed by atoms with E-state index < -0.39 is 0 Å². The summed E-state index contributed by atoms with van der Waals surface area (Å²) in [6.07, 6.45) is 1.45. The molecule has 0 fully saturated rings. The van der Waals surface area contributed by atoms with Crippen LogP contribution in [0.25, 0.3) is 0 Å². The highest BCUT2D eigenvalue weighted by atomic mass is 16.2. The molecule has 0 saturated carbocycles. The largest absolute Gasteiger partial charge is 0.343 e. The number of rotatable bonds is 1. The zero-order chi connectivity index (χ0) is 8.43. The monoisotopic (exact) mass is 154 g/mol. The van der Waals surface area contributed by atoms with Crippen molar-refractivity contribution in [3.05, 3.63) is 11.9 Å². The fourth-order valence-corrected chi connectivity index (χ4v) is 0.673. The first-order valence-electron chi connectivity index (χ1n) is 3.19. The van der Waals surface area contributed by atoms with Crippen molar-refractivity contribution >= 4 is 5.91 Å². The van der Waals surface area contributed by atoms with Crippen molar-refractivity contribution in [1.82, 2.24) is 19.9 Å². The molecule has 1 heterocycles. The highest BCUT2D eigenvalue weighted by molar-refractivity contribution is 5.91. The molecule has 0 atom stereocenters. The molecule has 1 amide bonds. The Kier molecular flexibility index (Phi) is 1.89. The molecule has 5 nitrogen and oxygen atoms in total. The predicted molar refractivity (Wildman–Crippen MR) is 39.0 cm³/mol. The number of aromatic nitrogens is 3. The second-order valence-corrected chi connectivity index (χ2v) is 2.42. The molecule has 0 radical (unpaired) electrons. The lowest BCUT2D eigenvalue weighted by Crippen LogP contribution is -2.22. The molecule has 0 aliphatic heterocycles. The first kappa shape index (κ1) is 7.71. The van der Waals surface area contributed by atoms with Gasteiger partial charge in [0.1, 0.15) is 0 Å². The standard InChI is InChI=1S/C6H10N4O/c1-9(2)6(11)5-4-7-10(3)8-5/h4H,1-3H3. The summed E-state index contributed by atoms with van der Waals surface area (Å²) in [7, 11) is 5.03. The average molecular weight is 154 g/mol. The average Bonchev–Trinajstić information content (AvgIpc) is 2.34. The van der Waals surface area contributed by atoms with Gasteiger partial charge in [-0.2, -0.15) is 9.90 Å². The number of carbonyl (C=O) groups excluding carboxylic acids is 1. The number of nitrogens with zero attached hydrogens (tertiary/aromatic N) is 4. The molecule has 11 heavy (non-hydrogen) atoms. The lowest BCUT2D eigenvalue weighted by Gasteiger charge is -2.05. The van der Waals surface area contributed by atoms with Gasteiger partial charge in [0.05, 0.1) is 6.20 Å². The van der Waals surface area contributed by atoms with Crippen LogP contribution in [-0.4, -0.2) is 39.9 Å². The molecule has 1 aromatic rings. The van der Waals surface area contributed by atoms with Crippen LogP contribution in [0, 0.1) is 0 Å². The van der Waals surface area contributed by atoms with Crippen LogP contribution in [0.3, 0.4) is 0 Å². The van der Waals surface area contributed by atoms with Crippen molar-refractivity contribution in [3.63, 3.8) is 0 Å². The first-order chi connectivity index (χ1) is 5.11. The Hall–Kier alpha value is -1.39. The van der Waals surface area contributed by atoms with E-state index in [4.69, 9.17) is 0 Å². The molecule has 5 heteroatoms. The smallest absolute Gasteiger partial charge is 0.275 e. The molecule has 0 bridgehead atoms. The molecule has 0 aliphatic carbocycles. The van der Waals surface area contributed by atoms with Crippen molar-refractivity contribution in [1.29, 1.82) is 0 Å². The maximum atomic E-state index is 11.2. The van der Waals surface area contributed by atoms with Crippen LogP contribution >= 0.6 is 0 Å². The fourth-order valence-electron chi connectivity index (χ4n) is 0.673. The van der Waals surface area contributed by atoms with Crippen molar-refractivity contribution < 1.29 is 4.79 Å². The first-order valence-corrected chi connectivity index (χ1v) is 3.19. The van der Waals surface area contributed by atoms with Gasteiger partial charge in [-0.15, -0.1) is 5.10 Å². The third-order valence-electron chi connectivity index (χ3n) is 1.22. The van der Waals surface area contributed by atoms with Crippen LogP contribution in [-0.2, 0) is 7.05 Å². The number of carbonyl (C=O) groups is 1. The maximum Gasteiger partial charge on any atom is 0.275 e. The van der Waals surface area contributed by atoms with Crippen LogP contribution in [0.15, 0.2) is 6.20 Å². The lowest BCUT2D eigenvalue weighted by molar-refractivity contribution is 0.0821. The second-order valence-electron chi connectivity index (χ2n) is 2.42. The summed E-state index contributed by atoms with van der Waals surface area (Å²) in [4.78, 5) is 14.0. The molecule has 0 spiro atoms. The third-order valence-corrected chi connectivity index (χ3v) is 1.22. The van der Waals surface area contributed by atoms with Gasteiger partial charge in [-0.05, 0) is 0 Å². The van der Waals surface area contributed by atoms with E-state index in [9.17, 15) is 4.79 Å². The van der Waals surface area contributed by atoms with Crippen molar-refractivity contribution in [2.75, 3.05) is 14.1 Å². The van der Waals surface area contributed by atoms with Gasteiger partial charge < -0.3 is 4.90 Å². The predicted octanol–water partition coefficient (Wildman–Crippen LogP) is -0.483. The van der Waals surface area contributed by atoms with Crippen molar-refractivity contribution in [2.24, 2.45) is 7.05 Å². The molecule has 0 aliphatic rings. The van der Waals surface area contributed by atoms with Crippen LogP contribution in [0.1, 0.15) is 10.5 Å². The van der Waals surface area contributed by atoms with E-state index in [1.165, 1.54) is 15.9 Å². The molecule has 0 aromatic carbocycles. The Bertz CT molecular complexity index is 265. The number of aryl methyl sites for hydroxylation is 1. The quantitative estimate of drug-likeness (QED) is 0.548. The summed E-state index contributed by atoms with van der Waals surface area (Å²) in [6, 6.07) is 0. The Labute approximate surface area is 64.6 Å². The maximum absolute atomic E-state index is 11.2. The third kappa shape index (κ3) is 1.54. The highest BCUT2D eigenvalue weighted by Crippen LogP contribution is 1.93. The molecular formula is C6H10N4O. The molecule has 60 valence electrons. The van der Waals surface area contributed by atoms with Gasteiger partial charge >= 0.3 is 0 Å². The molecule has 1 rings (SSSR count). The molecule has 0 saturated heterocycles. The van der Waals surface area contributed by atoms with Gasteiger partial charge in [0, 0.05) is 21.1 Å². The van der Waals surface area contributed by atoms with Crippen LogP contribution < -0.4 is 0 Å². The van der Waals surface area contributed by atoms with E-state index in [-0.39, 0.29) is 5.91 Å². The Balaban J connectivity index is 2.85. The van der Waals surface area contributed by atoms with Gasteiger partial charge in [-0.3, -0.25) is 4.79 Å². The van der Waals surface area contributed by atoms with E-state index in [2.05, 4.69) is 10.2 Å². The van der Waals surface area contributed by atoms with E-state index >= 15 is 0 Å². The molecule has 1 aromatic heterocycles. The van der Waals surface area contributed by atoms with E-state index in [0.29, 0.717) is 5.69 Å². The summed E-state index contributed by atoms with van der Waals surface area (Å²) in [5.74, 6) is -0.127. The zero-order valence-corrected chi connectivity index (χ0v) is 6.77. The SMILES string of the molecule is CN(C)C(=O)c1cnn(C)n1. The Morgan fingerprint density at radius 2 is 2.27 bits per heavy atom.